The van der Waals surface area contributed by atoms with E-state index in [0.29, 0.717) is 17.2 Å². The summed E-state index contributed by atoms with van der Waals surface area (Å²) in [5.41, 5.74) is 3.84. The summed E-state index contributed by atoms with van der Waals surface area (Å²) >= 11 is 0. The average Bonchev–Trinajstić information content (AvgIpc) is 2.94. The van der Waals surface area contributed by atoms with Crippen LogP contribution in [0.1, 0.15) is 28.8 Å². The second-order valence-corrected chi connectivity index (χ2v) is 6.90. The molecule has 0 unspecified atom stereocenters. The number of nitrogens with one attached hydrogen (secondary N) is 1. The van der Waals surface area contributed by atoms with Gasteiger partial charge in [-0.05, 0) is 55.7 Å². The van der Waals surface area contributed by atoms with E-state index >= 15 is 0 Å². The lowest BCUT2D eigenvalue weighted by Gasteiger charge is -2.09. The molecule has 2 aromatic carbocycles. The molecule has 0 amide bonds. The molecular formula is C22H23N3O4. The normalized spacial score (nSPS) is 13.2. The molecule has 1 aromatic heterocycles. The van der Waals surface area contributed by atoms with Crippen molar-refractivity contribution in [3.05, 3.63) is 53.6 Å². The molecule has 0 saturated heterocycles. The number of carbonyl (C=O) groups is 1. The van der Waals surface area contributed by atoms with Gasteiger partial charge in [0.15, 0.2) is 11.5 Å². The van der Waals surface area contributed by atoms with Gasteiger partial charge in [-0.2, -0.15) is 5.10 Å². The van der Waals surface area contributed by atoms with Gasteiger partial charge >= 0.3 is 5.97 Å². The smallest absolute Gasteiger partial charge is 0.335 e. The van der Waals surface area contributed by atoms with Crippen LogP contribution in [0.25, 0.3) is 16.9 Å². The molecule has 7 heteroatoms. The van der Waals surface area contributed by atoms with E-state index < -0.39 is 5.97 Å². The minimum absolute atomic E-state index is 0.230. The van der Waals surface area contributed by atoms with Crippen LogP contribution in [0, 0.1) is 0 Å². The third kappa shape index (κ3) is 3.51. The van der Waals surface area contributed by atoms with Crippen molar-refractivity contribution in [1.29, 1.82) is 0 Å². The van der Waals surface area contributed by atoms with Crippen LogP contribution < -0.4 is 14.8 Å². The number of carboxylic acids is 1. The zero-order chi connectivity index (χ0) is 20.4. The molecule has 7 nitrogen and oxygen atoms in total. The van der Waals surface area contributed by atoms with Gasteiger partial charge in [-0.15, -0.1) is 0 Å². The van der Waals surface area contributed by atoms with Crippen molar-refractivity contribution in [2.75, 3.05) is 26.1 Å². The number of hydrogen-bond donors (Lipinski definition) is 2. The van der Waals surface area contributed by atoms with Crippen LogP contribution >= 0.6 is 0 Å². The summed E-state index contributed by atoms with van der Waals surface area (Å²) in [5, 5.41) is 17.7. The highest BCUT2D eigenvalue weighted by molar-refractivity contribution is 5.88. The van der Waals surface area contributed by atoms with Crippen molar-refractivity contribution in [2.24, 2.45) is 0 Å². The lowest BCUT2D eigenvalue weighted by Crippen LogP contribution is -2.08. The highest BCUT2D eigenvalue weighted by Crippen LogP contribution is 2.37. The third-order valence-corrected chi connectivity index (χ3v) is 5.12. The molecule has 1 aliphatic heterocycles. The Morgan fingerprint density at radius 2 is 1.93 bits per heavy atom. The fourth-order valence-corrected chi connectivity index (χ4v) is 3.68. The number of aromatic nitrogens is 2. The summed E-state index contributed by atoms with van der Waals surface area (Å²) in [5.74, 6) is 1.25. The van der Waals surface area contributed by atoms with Gasteiger partial charge in [-0.3, -0.25) is 0 Å². The first-order valence-corrected chi connectivity index (χ1v) is 9.54. The lowest BCUT2D eigenvalue weighted by atomic mass is 10.0. The van der Waals surface area contributed by atoms with Crippen molar-refractivity contribution in [3.63, 3.8) is 0 Å². The van der Waals surface area contributed by atoms with Crippen LogP contribution in [-0.4, -0.2) is 41.6 Å². The van der Waals surface area contributed by atoms with Crippen LogP contribution in [0.4, 0.5) is 5.82 Å². The van der Waals surface area contributed by atoms with Gasteiger partial charge < -0.3 is 19.9 Å². The van der Waals surface area contributed by atoms with Crippen LogP contribution in [0.2, 0.25) is 0 Å². The Morgan fingerprint density at radius 3 is 2.69 bits per heavy atom. The fourth-order valence-electron chi connectivity index (χ4n) is 3.68. The topological polar surface area (TPSA) is 85.6 Å². The summed E-state index contributed by atoms with van der Waals surface area (Å²) in [7, 11) is 3.22. The summed E-state index contributed by atoms with van der Waals surface area (Å²) in [6.07, 6.45) is 3.01. The van der Waals surface area contributed by atoms with Gasteiger partial charge in [0.05, 0.1) is 31.2 Å². The van der Waals surface area contributed by atoms with Gasteiger partial charge in [0.1, 0.15) is 5.82 Å². The van der Waals surface area contributed by atoms with Crippen LogP contribution in [0.3, 0.4) is 0 Å². The second kappa shape index (κ2) is 7.87. The monoisotopic (exact) mass is 393 g/mol. The Hall–Kier alpha value is -3.48. The highest BCUT2D eigenvalue weighted by atomic mass is 16.5. The molecule has 0 radical (unpaired) electrons. The summed E-state index contributed by atoms with van der Waals surface area (Å²) in [6, 6.07) is 12.6. The number of anilines is 1. The Morgan fingerprint density at radius 1 is 1.10 bits per heavy atom. The molecule has 1 aliphatic rings. The van der Waals surface area contributed by atoms with Gasteiger partial charge in [0.2, 0.25) is 0 Å². The molecule has 0 atom stereocenters. The first-order valence-electron chi connectivity index (χ1n) is 9.54. The zero-order valence-corrected chi connectivity index (χ0v) is 16.4. The molecule has 3 aromatic rings. The summed E-state index contributed by atoms with van der Waals surface area (Å²) in [6.45, 7) is 0.850. The molecule has 0 spiro atoms. The van der Waals surface area contributed by atoms with E-state index in [1.165, 1.54) is 0 Å². The van der Waals surface area contributed by atoms with Crippen molar-refractivity contribution >= 4 is 11.8 Å². The molecule has 0 bridgehead atoms. The maximum absolute atomic E-state index is 11.4. The first kappa shape index (κ1) is 18.9. The summed E-state index contributed by atoms with van der Waals surface area (Å²) in [4.78, 5) is 11.4. The average molecular weight is 393 g/mol. The molecule has 2 N–H and O–H groups in total. The predicted octanol–water partition coefficient (Wildman–Crippen LogP) is 4.00. The van der Waals surface area contributed by atoms with Crippen LogP contribution in [0.5, 0.6) is 11.5 Å². The van der Waals surface area contributed by atoms with Crippen molar-refractivity contribution < 1.29 is 19.4 Å². The van der Waals surface area contributed by atoms with Crippen molar-refractivity contribution in [1.82, 2.24) is 9.78 Å². The number of benzene rings is 2. The van der Waals surface area contributed by atoms with E-state index in [1.54, 1.807) is 37.1 Å². The van der Waals surface area contributed by atoms with E-state index in [4.69, 9.17) is 14.6 Å². The highest BCUT2D eigenvalue weighted by Gasteiger charge is 2.23. The number of ether oxygens (including phenoxy) is 2. The molecule has 0 saturated carbocycles. The second-order valence-electron chi connectivity index (χ2n) is 6.90. The SMILES string of the molecule is COc1ccc(-c2nn(-c3cccc(C(=O)O)c3)c3c2CCCCN3)cc1OC. The molecule has 4 rings (SSSR count). The third-order valence-electron chi connectivity index (χ3n) is 5.12. The minimum atomic E-state index is -0.960. The molecule has 0 fully saturated rings. The first-order chi connectivity index (χ1) is 14.1. The van der Waals surface area contributed by atoms with Crippen LogP contribution in [0.15, 0.2) is 42.5 Å². The number of hydrogen-bond acceptors (Lipinski definition) is 5. The fraction of sp³-hybridized carbons (Fsp3) is 0.273. The van der Waals surface area contributed by atoms with E-state index in [0.717, 1.165) is 48.4 Å². The van der Waals surface area contributed by atoms with Crippen LogP contribution in [-0.2, 0) is 6.42 Å². The zero-order valence-electron chi connectivity index (χ0n) is 16.4. The van der Waals surface area contributed by atoms with Gasteiger partial charge in [-0.1, -0.05) is 6.07 Å². The number of aromatic carboxylic acids is 1. The lowest BCUT2D eigenvalue weighted by molar-refractivity contribution is 0.0697. The molecule has 2 heterocycles. The van der Waals surface area contributed by atoms with E-state index in [2.05, 4.69) is 5.32 Å². The number of nitrogens with zero attached hydrogens (tertiary/aromatic N) is 2. The number of rotatable bonds is 5. The minimum Gasteiger partial charge on any atom is -0.493 e. The summed E-state index contributed by atoms with van der Waals surface area (Å²) < 4.78 is 12.6. The Bertz CT molecular complexity index is 1060. The van der Waals surface area contributed by atoms with Gasteiger partial charge in [-0.25, -0.2) is 9.48 Å². The largest absolute Gasteiger partial charge is 0.493 e. The maximum atomic E-state index is 11.4. The van der Waals surface area contributed by atoms with Crippen molar-refractivity contribution in [3.8, 4) is 28.4 Å². The Balaban J connectivity index is 1.88. The van der Waals surface area contributed by atoms with Gasteiger partial charge in [0.25, 0.3) is 0 Å². The number of carboxylic acid groups (broad SMARTS) is 1. The van der Waals surface area contributed by atoms with E-state index in [-0.39, 0.29) is 5.56 Å². The number of methoxy groups -OCH3 is 2. The quantitative estimate of drug-likeness (QED) is 0.681. The maximum Gasteiger partial charge on any atom is 0.335 e. The molecule has 0 aliphatic carbocycles. The molecular weight excluding hydrogens is 370 g/mol. The number of fused-ring (bicyclic) bond motifs is 1. The Kier molecular flexibility index (Phi) is 5.12. The standard InChI is InChI=1S/C22H23N3O4/c1-28-18-10-9-14(13-19(18)29-2)20-17-8-3-4-11-23-21(17)25(24-20)16-7-5-6-15(12-16)22(26)27/h5-7,9-10,12-13,23H,3-4,8,11H2,1-2H3,(H,26,27). The van der Waals surface area contributed by atoms with E-state index in [9.17, 15) is 9.90 Å². The molecule has 29 heavy (non-hydrogen) atoms. The predicted molar refractivity (Wildman–Crippen MR) is 110 cm³/mol. The van der Waals surface area contributed by atoms with Gasteiger partial charge in [0, 0.05) is 17.7 Å². The molecule has 150 valence electrons. The van der Waals surface area contributed by atoms with Crippen molar-refractivity contribution in [2.45, 2.75) is 19.3 Å². The Labute approximate surface area is 168 Å². The van der Waals surface area contributed by atoms with E-state index in [1.807, 2.05) is 24.3 Å².